The van der Waals surface area contributed by atoms with Crippen LogP contribution in [0.4, 0.5) is 0 Å². The van der Waals surface area contributed by atoms with Crippen LogP contribution < -0.4 is 0 Å². The summed E-state index contributed by atoms with van der Waals surface area (Å²) >= 11 is 5.79. The smallest absolute Gasteiger partial charge is 0.0541 e. The van der Waals surface area contributed by atoms with Crippen LogP contribution in [0.25, 0.3) is 176 Å². The lowest BCUT2D eigenvalue weighted by Gasteiger charge is -2.48. The second kappa shape index (κ2) is 24.4. The van der Waals surface area contributed by atoms with Crippen molar-refractivity contribution in [1.82, 2.24) is 13.7 Å². The van der Waals surface area contributed by atoms with Crippen molar-refractivity contribution in [3.8, 4) is 50.4 Å². The van der Waals surface area contributed by atoms with E-state index in [-0.39, 0.29) is 32.5 Å². The molecular formula is C108H87N3S3. The molecule has 0 atom stereocenters. The third kappa shape index (κ3) is 9.53. The predicted molar refractivity (Wildman–Crippen MR) is 495 cm³/mol. The lowest BCUT2D eigenvalue weighted by molar-refractivity contribution is 0.299. The third-order valence-corrected chi connectivity index (χ3v) is 32.1. The molecule has 0 bridgehead atoms. The van der Waals surface area contributed by atoms with Crippen LogP contribution in [0.2, 0.25) is 0 Å². The monoisotopic (exact) mass is 1520 g/mol. The van der Waals surface area contributed by atoms with E-state index < -0.39 is 0 Å². The first-order chi connectivity index (χ1) is 55.1. The highest BCUT2D eigenvalue weighted by atomic mass is 32.1. The molecule has 3 nitrogen and oxygen atoms in total. The zero-order valence-electron chi connectivity index (χ0n) is 66.5. The Labute approximate surface area is 677 Å². The van der Waals surface area contributed by atoms with Crippen molar-refractivity contribution < 1.29 is 0 Å². The largest absolute Gasteiger partial charge is 0.309 e. The van der Waals surface area contributed by atoms with Crippen molar-refractivity contribution in [2.45, 2.75) is 116 Å². The van der Waals surface area contributed by atoms with E-state index in [9.17, 15) is 0 Å². The highest BCUT2D eigenvalue weighted by molar-refractivity contribution is 7.26. The van der Waals surface area contributed by atoms with Gasteiger partial charge in [-0.15, -0.1) is 34.0 Å². The first kappa shape index (κ1) is 69.1. The summed E-state index contributed by atoms with van der Waals surface area (Å²) < 4.78 is 15.5. The van der Waals surface area contributed by atoms with Gasteiger partial charge >= 0.3 is 0 Å². The first-order valence-corrected chi connectivity index (χ1v) is 42.8. The van der Waals surface area contributed by atoms with E-state index in [0.717, 1.165) is 0 Å². The Morgan fingerprint density at radius 1 is 0.184 bits per heavy atom. The van der Waals surface area contributed by atoms with Gasteiger partial charge in [0.15, 0.2) is 0 Å². The quantitative estimate of drug-likeness (QED) is 0.167. The van der Waals surface area contributed by atoms with Crippen LogP contribution in [0.1, 0.15) is 116 Å². The van der Waals surface area contributed by atoms with Crippen molar-refractivity contribution in [3.63, 3.8) is 0 Å². The standard InChI is InChI=1S/3C36H29NS/c1-35(2)29-14-8-5-11-23(29)26-18-19-27-28-21-22(17-20-32(28)38-34(27)33(26)36(35,3)4)37-30-15-9-6-12-24(30)25-13-7-10-16-31(25)37;1-35(2)29-14-8-5-11-23(29)26-21-34-28(20-30(26)36(35,3)4)27-19-22(17-18-33(27)38-34)37-31-15-9-6-12-24(31)25-13-7-10-16-32(25)37;1-35(2)29-14-8-5-11-23(29)26-20-28-27-19-22(17-18-33(27)38-34(28)21-30(26)36(35,3)4)37-31-15-9-6-12-24(31)25-13-7-10-16-32(25)37/h3*5-21H,1-4H3. The summed E-state index contributed by atoms with van der Waals surface area (Å²) in [6, 6.07) is 115. The van der Waals surface area contributed by atoms with Crippen molar-refractivity contribution in [3.05, 3.63) is 343 Å². The molecule has 0 N–H and O–H groups in total. The van der Waals surface area contributed by atoms with Gasteiger partial charge in [0.25, 0.3) is 0 Å². The average molecular weight is 1520 g/mol. The van der Waals surface area contributed by atoms with Gasteiger partial charge in [-0.3, -0.25) is 0 Å². The second-order valence-corrected chi connectivity index (χ2v) is 38.7. The average Bonchev–Trinajstić information content (AvgIpc) is 1.49. The van der Waals surface area contributed by atoms with E-state index in [1.807, 2.05) is 34.0 Å². The molecule has 114 heavy (non-hydrogen) atoms. The Balaban J connectivity index is 0.000000104. The van der Waals surface area contributed by atoms with Crippen LogP contribution in [0.5, 0.6) is 0 Å². The summed E-state index contributed by atoms with van der Waals surface area (Å²) in [5, 5.41) is 15.9. The fraction of sp³-hybridized carbons (Fsp3) is 0.167. The molecule has 0 saturated heterocycles. The number of thiophene rings is 3. The number of nitrogens with zero attached hydrogens (tertiary/aromatic N) is 3. The number of benzene rings is 15. The number of hydrogen-bond donors (Lipinski definition) is 0. The molecule has 3 aliphatic rings. The van der Waals surface area contributed by atoms with E-state index >= 15 is 0 Å². The van der Waals surface area contributed by atoms with Crippen LogP contribution in [0.15, 0.2) is 309 Å². The Morgan fingerprint density at radius 2 is 0.474 bits per heavy atom. The van der Waals surface area contributed by atoms with Gasteiger partial charge < -0.3 is 13.7 Å². The topological polar surface area (TPSA) is 14.8 Å². The summed E-state index contributed by atoms with van der Waals surface area (Å²) in [4.78, 5) is 0. The normalized spacial score (nSPS) is 15.8. The maximum atomic E-state index is 2.51. The molecule has 0 unspecified atom stereocenters. The van der Waals surface area contributed by atoms with Gasteiger partial charge in [-0.1, -0.05) is 277 Å². The molecule has 0 aliphatic heterocycles. The maximum Gasteiger partial charge on any atom is 0.0541 e. The van der Waals surface area contributed by atoms with E-state index in [1.165, 1.54) is 210 Å². The molecule has 6 heterocycles. The van der Waals surface area contributed by atoms with E-state index in [1.54, 1.807) is 0 Å². The fourth-order valence-electron chi connectivity index (χ4n) is 20.6. The minimum absolute atomic E-state index is 0.00355. The number of fused-ring (bicyclic) bond motifs is 28. The van der Waals surface area contributed by atoms with Crippen LogP contribution in [-0.2, 0) is 32.5 Å². The lowest BCUT2D eigenvalue weighted by Crippen LogP contribution is -2.43. The number of aromatic nitrogens is 3. The third-order valence-electron chi connectivity index (χ3n) is 28.7. The number of hydrogen-bond acceptors (Lipinski definition) is 3. The van der Waals surface area contributed by atoms with E-state index in [2.05, 4.69) is 406 Å². The molecule has 24 rings (SSSR count). The van der Waals surface area contributed by atoms with Crippen molar-refractivity contribution in [2.75, 3.05) is 0 Å². The Hall–Kier alpha value is -11.6. The summed E-state index contributed by atoms with van der Waals surface area (Å²) in [5.74, 6) is 0. The minimum atomic E-state index is -0.00721. The number of rotatable bonds is 3. The molecule has 6 aromatic heterocycles. The fourth-order valence-corrected chi connectivity index (χ4v) is 24.2. The van der Waals surface area contributed by atoms with Crippen LogP contribution >= 0.6 is 34.0 Å². The summed E-state index contributed by atoms with van der Waals surface area (Å²) in [7, 11) is 0. The van der Waals surface area contributed by atoms with Crippen molar-refractivity contribution in [1.29, 1.82) is 0 Å². The second-order valence-electron chi connectivity index (χ2n) is 35.5. The van der Waals surface area contributed by atoms with Gasteiger partial charge in [0, 0.05) is 115 Å². The van der Waals surface area contributed by atoms with Crippen LogP contribution in [0, 0.1) is 0 Å². The minimum Gasteiger partial charge on any atom is -0.309 e. The van der Waals surface area contributed by atoms with Crippen LogP contribution in [-0.4, -0.2) is 13.7 Å². The zero-order valence-corrected chi connectivity index (χ0v) is 69.0. The molecule has 552 valence electrons. The summed E-state index contributed by atoms with van der Waals surface area (Å²) in [5.41, 5.74) is 28.4. The van der Waals surface area contributed by atoms with Gasteiger partial charge in [-0.2, -0.15) is 0 Å². The van der Waals surface area contributed by atoms with Gasteiger partial charge in [0.05, 0.1) is 33.1 Å². The van der Waals surface area contributed by atoms with Crippen LogP contribution in [0.3, 0.4) is 0 Å². The highest BCUT2D eigenvalue weighted by Crippen LogP contribution is 2.60. The number of para-hydroxylation sites is 6. The zero-order chi connectivity index (χ0) is 77.4. The molecule has 0 spiro atoms. The molecule has 21 aromatic rings. The molecule has 0 radical (unpaired) electrons. The molecule has 15 aromatic carbocycles. The van der Waals surface area contributed by atoms with Gasteiger partial charge in [0.1, 0.15) is 0 Å². The highest BCUT2D eigenvalue weighted by Gasteiger charge is 2.49. The summed E-state index contributed by atoms with van der Waals surface area (Å²) in [6.07, 6.45) is 0. The Morgan fingerprint density at radius 3 is 0.877 bits per heavy atom. The molecular weight excluding hydrogens is 1440 g/mol. The Kier molecular flexibility index (Phi) is 14.8. The SMILES string of the molecule is CC1(C)c2ccccc2-c2cc3c(cc2C1(C)C)sc1ccc(-n2c4ccccc4c4ccccc42)cc13.CC1(C)c2ccccc2-c2cc3sc4ccc(-n5c6ccccc6c6ccccc65)cc4c3cc2C1(C)C.CC1(C)c2ccccc2-c2ccc3c(sc4ccc(-n5c6ccccc6c6ccccc65)cc43)c2C1(C)C. The Bertz CT molecular complexity index is 7360. The molecule has 0 saturated carbocycles. The van der Waals surface area contributed by atoms with Crippen molar-refractivity contribution in [2.24, 2.45) is 0 Å². The maximum absolute atomic E-state index is 2.51. The van der Waals surface area contributed by atoms with Gasteiger partial charge in [-0.05, 0) is 209 Å². The molecule has 0 amide bonds. The molecule has 6 heteroatoms. The van der Waals surface area contributed by atoms with E-state index in [0.29, 0.717) is 0 Å². The van der Waals surface area contributed by atoms with Gasteiger partial charge in [0.2, 0.25) is 0 Å². The first-order valence-electron chi connectivity index (χ1n) is 40.4. The predicted octanol–water partition coefficient (Wildman–Crippen LogP) is 31.2. The molecule has 3 aliphatic carbocycles. The van der Waals surface area contributed by atoms with E-state index in [4.69, 9.17) is 0 Å². The lowest BCUT2D eigenvalue weighted by atomic mass is 9.55. The molecule has 0 fully saturated rings. The summed E-state index contributed by atoms with van der Waals surface area (Å²) in [6.45, 7) is 29.0. The van der Waals surface area contributed by atoms with Crippen molar-refractivity contribution >= 4 is 160 Å². The van der Waals surface area contributed by atoms with Gasteiger partial charge in [-0.25, -0.2) is 0 Å².